The van der Waals surface area contributed by atoms with Gasteiger partial charge < -0.3 is 9.84 Å². The Morgan fingerprint density at radius 3 is 2.28 bits per heavy atom. The largest absolute Gasteiger partial charge is 0.465 e. The van der Waals surface area contributed by atoms with Gasteiger partial charge in [0.2, 0.25) is 0 Å². The highest BCUT2D eigenvalue weighted by atomic mass is 19.4. The third-order valence-corrected chi connectivity index (χ3v) is 2.70. The Bertz CT molecular complexity index is 241. The van der Waals surface area contributed by atoms with Gasteiger partial charge in [0.1, 0.15) is 0 Å². The zero-order chi connectivity index (χ0) is 14.2. The van der Waals surface area contributed by atoms with Crippen molar-refractivity contribution in [2.75, 3.05) is 6.61 Å². The second-order valence-electron chi connectivity index (χ2n) is 4.23. The maximum atomic E-state index is 12.3. The molecule has 0 amide bonds. The van der Waals surface area contributed by atoms with E-state index in [0.717, 1.165) is 19.3 Å². The van der Waals surface area contributed by atoms with Gasteiger partial charge in [-0.3, -0.25) is 4.79 Å². The second kappa shape index (κ2) is 8.34. The predicted molar refractivity (Wildman–Crippen MR) is 60.9 cm³/mol. The molecular weight excluding hydrogens is 249 g/mol. The van der Waals surface area contributed by atoms with E-state index >= 15 is 0 Å². The molecule has 0 bridgehead atoms. The number of carbonyl (C=O) groups excluding carboxylic acids is 1. The molecule has 0 radical (unpaired) electrons. The lowest BCUT2D eigenvalue weighted by Gasteiger charge is -2.22. The summed E-state index contributed by atoms with van der Waals surface area (Å²) in [5.74, 6) is -2.50. The van der Waals surface area contributed by atoms with Gasteiger partial charge >= 0.3 is 12.1 Å². The summed E-state index contributed by atoms with van der Waals surface area (Å²) in [5, 5.41) is 9.03. The quantitative estimate of drug-likeness (QED) is 0.544. The van der Waals surface area contributed by atoms with Gasteiger partial charge in [0.25, 0.3) is 0 Å². The Labute approximate surface area is 105 Å². The normalized spacial score (nSPS) is 15.2. The van der Waals surface area contributed by atoms with Crippen molar-refractivity contribution in [1.29, 1.82) is 0 Å². The van der Waals surface area contributed by atoms with Gasteiger partial charge in [-0.2, -0.15) is 13.2 Å². The average molecular weight is 270 g/mol. The summed E-state index contributed by atoms with van der Waals surface area (Å²) in [6, 6.07) is 0. The first-order valence-electron chi connectivity index (χ1n) is 6.26. The molecule has 18 heavy (non-hydrogen) atoms. The third-order valence-electron chi connectivity index (χ3n) is 2.70. The molecule has 0 aromatic carbocycles. The molecule has 0 aromatic rings. The van der Waals surface area contributed by atoms with Gasteiger partial charge in [-0.05, 0) is 12.8 Å². The number of rotatable bonds is 8. The molecule has 0 rings (SSSR count). The molecule has 1 N–H and O–H groups in total. The van der Waals surface area contributed by atoms with Crippen molar-refractivity contribution in [3.8, 4) is 0 Å². The molecule has 0 aliphatic rings. The summed E-state index contributed by atoms with van der Waals surface area (Å²) in [4.78, 5) is 11.4. The zero-order valence-electron chi connectivity index (χ0n) is 10.8. The van der Waals surface area contributed by atoms with Gasteiger partial charge in [0.05, 0.1) is 12.5 Å². The van der Waals surface area contributed by atoms with E-state index in [1.54, 1.807) is 0 Å². The third kappa shape index (κ3) is 6.23. The summed E-state index contributed by atoms with van der Waals surface area (Å²) in [5.41, 5.74) is 0. The Hall–Kier alpha value is -0.780. The van der Waals surface area contributed by atoms with Gasteiger partial charge in [-0.15, -0.1) is 0 Å². The molecule has 0 spiro atoms. The van der Waals surface area contributed by atoms with Crippen LogP contribution in [0.3, 0.4) is 0 Å². The highest BCUT2D eigenvalue weighted by Gasteiger charge is 2.46. The summed E-state index contributed by atoms with van der Waals surface area (Å²) < 4.78 is 41.6. The van der Waals surface area contributed by atoms with Crippen molar-refractivity contribution in [3.63, 3.8) is 0 Å². The van der Waals surface area contributed by atoms with E-state index in [0.29, 0.717) is 6.42 Å². The van der Waals surface area contributed by atoms with E-state index < -0.39 is 24.2 Å². The molecule has 108 valence electrons. The molecule has 0 heterocycles. The first kappa shape index (κ1) is 17.2. The molecule has 0 aromatic heterocycles. The second-order valence-corrected chi connectivity index (χ2v) is 4.23. The van der Waals surface area contributed by atoms with Gasteiger partial charge in [0, 0.05) is 0 Å². The highest BCUT2D eigenvalue weighted by molar-refractivity contribution is 5.73. The standard InChI is InChI=1S/C12H21F3O3/c1-3-5-6-7-8-18-11(17)9(4-2)10(16)12(13,14)15/h9-10,16H,3-8H2,1-2H3/t9?,10-/m1/s1. The van der Waals surface area contributed by atoms with E-state index in [4.69, 9.17) is 9.84 Å². The number of hydrogen-bond donors (Lipinski definition) is 1. The van der Waals surface area contributed by atoms with Crippen LogP contribution in [0.15, 0.2) is 0 Å². The number of carbonyl (C=O) groups is 1. The molecule has 6 heteroatoms. The molecular formula is C12H21F3O3. The number of hydrogen-bond acceptors (Lipinski definition) is 3. The minimum atomic E-state index is -4.79. The number of esters is 1. The fraction of sp³-hybridized carbons (Fsp3) is 0.917. The molecule has 0 aliphatic heterocycles. The first-order valence-corrected chi connectivity index (χ1v) is 6.26. The molecule has 3 nitrogen and oxygen atoms in total. The lowest BCUT2D eigenvalue weighted by molar-refractivity contribution is -0.224. The SMILES string of the molecule is CCCCCCOC(=O)C(CC)[C@@H](O)C(F)(F)F. The van der Waals surface area contributed by atoms with Crippen LogP contribution in [0.25, 0.3) is 0 Å². The molecule has 1 unspecified atom stereocenters. The summed E-state index contributed by atoms with van der Waals surface area (Å²) in [7, 11) is 0. The number of ether oxygens (including phenoxy) is 1. The fourth-order valence-corrected chi connectivity index (χ4v) is 1.56. The smallest absolute Gasteiger partial charge is 0.415 e. The first-order chi connectivity index (χ1) is 8.34. The molecule has 0 aliphatic carbocycles. The molecule has 2 atom stereocenters. The summed E-state index contributed by atoms with van der Waals surface area (Å²) >= 11 is 0. The summed E-state index contributed by atoms with van der Waals surface area (Å²) in [6.07, 6.45) is -4.00. The van der Waals surface area contributed by atoms with Crippen molar-refractivity contribution in [3.05, 3.63) is 0 Å². The Kier molecular flexibility index (Phi) is 7.98. The topological polar surface area (TPSA) is 46.5 Å². The lowest BCUT2D eigenvalue weighted by Crippen LogP contribution is -2.40. The number of aliphatic hydroxyl groups is 1. The van der Waals surface area contributed by atoms with E-state index in [-0.39, 0.29) is 13.0 Å². The van der Waals surface area contributed by atoms with Crippen molar-refractivity contribution < 1.29 is 27.8 Å². The lowest BCUT2D eigenvalue weighted by atomic mass is 9.99. The van der Waals surface area contributed by atoms with Crippen LogP contribution in [0, 0.1) is 5.92 Å². The number of aliphatic hydroxyl groups excluding tert-OH is 1. The van der Waals surface area contributed by atoms with Crippen LogP contribution in [-0.2, 0) is 9.53 Å². The zero-order valence-corrected chi connectivity index (χ0v) is 10.8. The van der Waals surface area contributed by atoms with Crippen LogP contribution in [-0.4, -0.2) is 30.0 Å². The highest BCUT2D eigenvalue weighted by Crippen LogP contribution is 2.28. The van der Waals surface area contributed by atoms with Gasteiger partial charge in [-0.25, -0.2) is 0 Å². The van der Waals surface area contributed by atoms with Crippen LogP contribution in [0.4, 0.5) is 13.2 Å². The minimum absolute atomic E-state index is 0.103. The van der Waals surface area contributed by atoms with E-state index in [1.807, 2.05) is 6.92 Å². The van der Waals surface area contributed by atoms with Crippen LogP contribution >= 0.6 is 0 Å². The Morgan fingerprint density at radius 2 is 1.83 bits per heavy atom. The summed E-state index contributed by atoms with van der Waals surface area (Å²) in [6.45, 7) is 3.55. The van der Waals surface area contributed by atoms with Crippen molar-refractivity contribution in [1.82, 2.24) is 0 Å². The van der Waals surface area contributed by atoms with Crippen LogP contribution in [0.2, 0.25) is 0 Å². The van der Waals surface area contributed by atoms with Gasteiger partial charge in [0.15, 0.2) is 6.10 Å². The van der Waals surface area contributed by atoms with Crippen molar-refractivity contribution >= 4 is 5.97 Å². The Morgan fingerprint density at radius 1 is 1.22 bits per heavy atom. The predicted octanol–water partition coefficient (Wildman–Crippen LogP) is 3.06. The number of alkyl halides is 3. The van der Waals surface area contributed by atoms with Crippen LogP contribution in [0.1, 0.15) is 46.0 Å². The monoisotopic (exact) mass is 270 g/mol. The van der Waals surface area contributed by atoms with E-state index in [2.05, 4.69) is 0 Å². The molecule has 0 saturated heterocycles. The fourth-order valence-electron chi connectivity index (χ4n) is 1.56. The van der Waals surface area contributed by atoms with E-state index in [1.165, 1.54) is 6.92 Å². The Balaban J connectivity index is 4.12. The van der Waals surface area contributed by atoms with Gasteiger partial charge in [-0.1, -0.05) is 33.1 Å². The number of unbranched alkanes of at least 4 members (excludes halogenated alkanes) is 3. The maximum absolute atomic E-state index is 12.3. The maximum Gasteiger partial charge on any atom is 0.415 e. The van der Waals surface area contributed by atoms with Crippen molar-refractivity contribution in [2.45, 2.75) is 58.2 Å². The van der Waals surface area contributed by atoms with E-state index in [9.17, 15) is 18.0 Å². The average Bonchev–Trinajstić information content (AvgIpc) is 2.28. The molecule has 0 fully saturated rings. The van der Waals surface area contributed by atoms with Crippen LogP contribution < -0.4 is 0 Å². The van der Waals surface area contributed by atoms with Crippen molar-refractivity contribution in [2.24, 2.45) is 5.92 Å². The molecule has 0 saturated carbocycles. The number of halogens is 3. The minimum Gasteiger partial charge on any atom is -0.465 e. The van der Waals surface area contributed by atoms with Crippen LogP contribution in [0.5, 0.6) is 0 Å².